The number of ketones is 1. The second kappa shape index (κ2) is 6.19. The second-order valence-corrected chi connectivity index (χ2v) is 6.52. The first-order valence-electron chi connectivity index (χ1n) is 6.62. The summed E-state index contributed by atoms with van der Waals surface area (Å²) >= 11 is 0. The van der Waals surface area contributed by atoms with E-state index >= 15 is 0 Å². The average molecular weight is 319 g/mol. The summed E-state index contributed by atoms with van der Waals surface area (Å²) in [5.74, 6) is 0.410. The van der Waals surface area contributed by atoms with E-state index in [9.17, 15) is 13.2 Å². The number of sulfonamides is 1. The first kappa shape index (κ1) is 16.0. The van der Waals surface area contributed by atoms with Crippen molar-refractivity contribution in [3.63, 3.8) is 0 Å². The molecule has 0 heterocycles. The van der Waals surface area contributed by atoms with Crippen LogP contribution in [0.1, 0.15) is 22.8 Å². The second-order valence-electron chi connectivity index (χ2n) is 4.84. The standard InChI is InChI=1S/C16H17NO4S/c1-11-10-13(8-9-16(11)21-3)22(19,20)17-15-7-5-4-6-14(15)12(2)18/h4-10,17H,1-3H3. The third-order valence-electron chi connectivity index (χ3n) is 3.23. The fourth-order valence-corrected chi connectivity index (χ4v) is 3.27. The number of hydrogen-bond acceptors (Lipinski definition) is 4. The highest BCUT2D eigenvalue weighted by molar-refractivity contribution is 7.92. The summed E-state index contributed by atoms with van der Waals surface area (Å²) in [5.41, 5.74) is 1.31. The van der Waals surface area contributed by atoms with Crippen LogP contribution in [0.2, 0.25) is 0 Å². The number of rotatable bonds is 5. The number of benzene rings is 2. The van der Waals surface area contributed by atoms with Gasteiger partial charge in [0.05, 0.1) is 17.7 Å². The van der Waals surface area contributed by atoms with Crippen molar-refractivity contribution in [2.24, 2.45) is 0 Å². The number of anilines is 1. The van der Waals surface area contributed by atoms with Crippen LogP contribution in [0, 0.1) is 6.92 Å². The summed E-state index contributed by atoms with van der Waals surface area (Å²) in [4.78, 5) is 11.7. The van der Waals surface area contributed by atoms with Crippen molar-refractivity contribution < 1.29 is 17.9 Å². The van der Waals surface area contributed by atoms with Crippen LogP contribution in [0.4, 0.5) is 5.69 Å². The Morgan fingerprint density at radius 3 is 2.41 bits per heavy atom. The SMILES string of the molecule is COc1ccc(S(=O)(=O)Nc2ccccc2C(C)=O)cc1C. The molecule has 0 aromatic heterocycles. The zero-order valence-electron chi connectivity index (χ0n) is 12.6. The largest absolute Gasteiger partial charge is 0.496 e. The number of Topliss-reactive ketones (excluding diaryl/α,β-unsaturated/α-hetero) is 1. The Morgan fingerprint density at radius 1 is 1.14 bits per heavy atom. The maximum absolute atomic E-state index is 12.5. The summed E-state index contributed by atoms with van der Waals surface area (Å²) < 4.78 is 32.5. The number of carbonyl (C=O) groups excluding carboxylic acids is 1. The minimum atomic E-state index is -3.77. The van der Waals surface area contributed by atoms with Crippen molar-refractivity contribution in [1.82, 2.24) is 0 Å². The van der Waals surface area contributed by atoms with Crippen LogP contribution in [0.25, 0.3) is 0 Å². The third-order valence-corrected chi connectivity index (χ3v) is 4.59. The number of aryl methyl sites for hydroxylation is 1. The third kappa shape index (κ3) is 3.28. The topological polar surface area (TPSA) is 72.5 Å². The number of methoxy groups -OCH3 is 1. The smallest absolute Gasteiger partial charge is 0.261 e. The number of carbonyl (C=O) groups is 1. The Morgan fingerprint density at radius 2 is 1.82 bits per heavy atom. The molecule has 0 unspecified atom stereocenters. The Hall–Kier alpha value is -2.34. The number of para-hydroxylation sites is 1. The van der Waals surface area contributed by atoms with Crippen LogP contribution in [0.5, 0.6) is 5.75 Å². The molecule has 0 aliphatic rings. The Balaban J connectivity index is 2.40. The van der Waals surface area contributed by atoms with E-state index in [2.05, 4.69) is 4.72 Å². The monoisotopic (exact) mass is 319 g/mol. The van der Waals surface area contributed by atoms with Gasteiger partial charge >= 0.3 is 0 Å². The molecule has 0 bridgehead atoms. The lowest BCUT2D eigenvalue weighted by molar-refractivity contribution is 0.101. The van der Waals surface area contributed by atoms with E-state index in [1.165, 1.54) is 26.2 Å². The van der Waals surface area contributed by atoms with E-state index in [1.54, 1.807) is 37.3 Å². The van der Waals surface area contributed by atoms with Gasteiger partial charge in [0, 0.05) is 5.56 Å². The molecule has 2 rings (SSSR count). The van der Waals surface area contributed by atoms with Crippen LogP contribution in [-0.2, 0) is 10.0 Å². The molecule has 0 amide bonds. The van der Waals surface area contributed by atoms with Gasteiger partial charge in [-0.2, -0.15) is 0 Å². The Kier molecular flexibility index (Phi) is 4.51. The molecule has 2 aromatic carbocycles. The van der Waals surface area contributed by atoms with Crippen molar-refractivity contribution in [3.05, 3.63) is 53.6 Å². The van der Waals surface area contributed by atoms with Gasteiger partial charge in [0.15, 0.2) is 5.78 Å². The zero-order chi connectivity index (χ0) is 16.3. The van der Waals surface area contributed by atoms with Crippen LogP contribution in [0.3, 0.4) is 0 Å². The average Bonchev–Trinajstić information content (AvgIpc) is 2.47. The molecule has 0 aliphatic carbocycles. The maximum Gasteiger partial charge on any atom is 0.261 e. The lowest BCUT2D eigenvalue weighted by Gasteiger charge is -2.12. The minimum Gasteiger partial charge on any atom is -0.496 e. The van der Waals surface area contributed by atoms with Crippen LogP contribution >= 0.6 is 0 Å². The summed E-state index contributed by atoms with van der Waals surface area (Å²) in [6.45, 7) is 3.16. The molecule has 0 spiro atoms. The maximum atomic E-state index is 12.5. The molecule has 2 aromatic rings. The van der Waals surface area contributed by atoms with Gasteiger partial charge in [0.25, 0.3) is 10.0 Å². The minimum absolute atomic E-state index is 0.115. The molecule has 22 heavy (non-hydrogen) atoms. The van der Waals surface area contributed by atoms with Gasteiger partial charge in [0.2, 0.25) is 0 Å². The van der Waals surface area contributed by atoms with Gasteiger partial charge < -0.3 is 4.74 Å². The number of hydrogen-bond donors (Lipinski definition) is 1. The summed E-state index contributed by atoms with van der Waals surface area (Å²) in [5, 5.41) is 0. The lowest BCUT2D eigenvalue weighted by Crippen LogP contribution is -2.15. The summed E-state index contributed by atoms with van der Waals surface area (Å²) in [6, 6.07) is 11.1. The Labute approximate surface area is 130 Å². The highest BCUT2D eigenvalue weighted by Gasteiger charge is 2.18. The molecule has 116 valence electrons. The lowest BCUT2D eigenvalue weighted by atomic mass is 10.1. The van der Waals surface area contributed by atoms with Crippen molar-refractivity contribution in [3.8, 4) is 5.75 Å². The molecule has 0 fully saturated rings. The molecule has 0 saturated carbocycles. The molecule has 0 atom stereocenters. The Bertz CT molecular complexity index is 813. The van der Waals surface area contributed by atoms with E-state index in [-0.39, 0.29) is 16.4 Å². The fraction of sp³-hybridized carbons (Fsp3) is 0.188. The molecule has 0 aliphatic heterocycles. The number of ether oxygens (including phenoxy) is 1. The zero-order valence-corrected chi connectivity index (χ0v) is 13.4. The van der Waals surface area contributed by atoms with E-state index in [4.69, 9.17) is 4.74 Å². The molecule has 5 nitrogen and oxygen atoms in total. The highest BCUT2D eigenvalue weighted by atomic mass is 32.2. The van der Waals surface area contributed by atoms with Crippen molar-refractivity contribution in [2.45, 2.75) is 18.7 Å². The van der Waals surface area contributed by atoms with Crippen LogP contribution in [0.15, 0.2) is 47.4 Å². The van der Waals surface area contributed by atoms with Crippen LogP contribution in [-0.4, -0.2) is 21.3 Å². The predicted octanol–water partition coefficient (Wildman–Crippen LogP) is 3.01. The predicted molar refractivity (Wildman–Crippen MR) is 85.0 cm³/mol. The van der Waals surface area contributed by atoms with Crippen molar-refractivity contribution in [2.75, 3.05) is 11.8 Å². The quantitative estimate of drug-likeness (QED) is 0.860. The van der Waals surface area contributed by atoms with Gasteiger partial charge in [-0.25, -0.2) is 8.42 Å². The summed E-state index contributed by atoms with van der Waals surface area (Å²) in [7, 11) is -2.25. The highest BCUT2D eigenvalue weighted by Crippen LogP contribution is 2.24. The molecule has 1 N–H and O–H groups in total. The molecular weight excluding hydrogens is 302 g/mol. The van der Waals surface area contributed by atoms with Gasteiger partial charge in [-0.1, -0.05) is 12.1 Å². The van der Waals surface area contributed by atoms with Crippen LogP contribution < -0.4 is 9.46 Å². The number of nitrogens with one attached hydrogen (secondary N) is 1. The fourth-order valence-electron chi connectivity index (χ4n) is 2.10. The first-order chi connectivity index (χ1) is 10.3. The van der Waals surface area contributed by atoms with E-state index < -0.39 is 10.0 Å². The van der Waals surface area contributed by atoms with Crippen molar-refractivity contribution >= 4 is 21.5 Å². The van der Waals surface area contributed by atoms with Gasteiger partial charge in [-0.05, 0) is 49.7 Å². The van der Waals surface area contributed by atoms with Gasteiger partial charge in [0.1, 0.15) is 5.75 Å². The van der Waals surface area contributed by atoms with Gasteiger partial charge in [-0.3, -0.25) is 9.52 Å². The van der Waals surface area contributed by atoms with E-state index in [0.29, 0.717) is 16.9 Å². The summed E-state index contributed by atoms with van der Waals surface area (Å²) in [6.07, 6.45) is 0. The first-order valence-corrected chi connectivity index (χ1v) is 8.11. The normalized spacial score (nSPS) is 11.0. The molecular formula is C16H17NO4S. The molecule has 6 heteroatoms. The van der Waals surface area contributed by atoms with E-state index in [1.807, 2.05) is 0 Å². The van der Waals surface area contributed by atoms with E-state index in [0.717, 1.165) is 0 Å². The molecule has 0 saturated heterocycles. The molecule has 0 radical (unpaired) electrons. The van der Waals surface area contributed by atoms with Gasteiger partial charge in [-0.15, -0.1) is 0 Å². The van der Waals surface area contributed by atoms with Crippen molar-refractivity contribution in [1.29, 1.82) is 0 Å².